The van der Waals surface area contributed by atoms with Gasteiger partial charge in [-0.1, -0.05) is 23.7 Å². The van der Waals surface area contributed by atoms with Crippen molar-refractivity contribution in [3.8, 4) is 0 Å². The third-order valence-electron chi connectivity index (χ3n) is 2.67. The molecular weight excluding hydrogens is 310 g/mol. The average Bonchev–Trinajstić information content (AvgIpc) is 2.48. The van der Waals surface area contributed by atoms with Crippen LogP contribution in [0.5, 0.6) is 0 Å². The number of carboxylic acids is 1. The molecule has 4 N–H and O–H groups in total. The summed E-state index contributed by atoms with van der Waals surface area (Å²) >= 11 is 5.89. The fourth-order valence-corrected chi connectivity index (χ4v) is 1.82. The van der Waals surface area contributed by atoms with Crippen LogP contribution in [0.25, 0.3) is 0 Å². The normalized spacial score (nSPS) is 9.86. The molecule has 0 bridgehead atoms. The van der Waals surface area contributed by atoms with Crippen molar-refractivity contribution < 1.29 is 19.5 Å². The SMILES string of the molecule is O=C(O)CCCNC(=O)NCCNC(=O)c1ccccc1Cl. The van der Waals surface area contributed by atoms with Gasteiger partial charge in [0.15, 0.2) is 0 Å². The molecule has 22 heavy (non-hydrogen) atoms. The van der Waals surface area contributed by atoms with E-state index in [0.29, 0.717) is 17.0 Å². The molecule has 0 fully saturated rings. The van der Waals surface area contributed by atoms with Crippen molar-refractivity contribution in [3.05, 3.63) is 34.9 Å². The number of benzene rings is 1. The van der Waals surface area contributed by atoms with Crippen LogP contribution in [-0.2, 0) is 4.79 Å². The largest absolute Gasteiger partial charge is 0.481 e. The Hall–Kier alpha value is -2.28. The number of carboxylic acid groups (broad SMARTS) is 1. The second-order valence-corrected chi connectivity index (χ2v) is 4.82. The van der Waals surface area contributed by atoms with Gasteiger partial charge in [0.2, 0.25) is 0 Å². The molecule has 0 aliphatic heterocycles. The van der Waals surface area contributed by atoms with Gasteiger partial charge in [0.1, 0.15) is 0 Å². The van der Waals surface area contributed by atoms with E-state index in [2.05, 4.69) is 16.0 Å². The summed E-state index contributed by atoms with van der Waals surface area (Å²) in [6.45, 7) is 0.789. The van der Waals surface area contributed by atoms with Crippen molar-refractivity contribution in [2.75, 3.05) is 19.6 Å². The predicted octanol–water partition coefficient (Wildman–Crippen LogP) is 1.23. The molecule has 0 unspecified atom stereocenters. The molecule has 3 amide bonds. The van der Waals surface area contributed by atoms with Crippen LogP contribution in [0.3, 0.4) is 0 Å². The number of halogens is 1. The van der Waals surface area contributed by atoms with Crippen LogP contribution in [-0.4, -0.2) is 42.6 Å². The quantitative estimate of drug-likeness (QED) is 0.539. The number of urea groups is 1. The van der Waals surface area contributed by atoms with Gasteiger partial charge in [0, 0.05) is 26.1 Å². The smallest absolute Gasteiger partial charge is 0.314 e. The molecule has 7 nitrogen and oxygen atoms in total. The Balaban J connectivity index is 2.14. The predicted molar refractivity (Wildman–Crippen MR) is 82.1 cm³/mol. The van der Waals surface area contributed by atoms with Crippen LogP contribution in [0.2, 0.25) is 5.02 Å². The molecule has 120 valence electrons. The van der Waals surface area contributed by atoms with E-state index < -0.39 is 12.0 Å². The summed E-state index contributed by atoms with van der Waals surface area (Å²) in [5, 5.41) is 16.5. The Labute approximate surface area is 133 Å². The van der Waals surface area contributed by atoms with Gasteiger partial charge in [0.05, 0.1) is 10.6 Å². The minimum atomic E-state index is -0.899. The van der Waals surface area contributed by atoms with Crippen LogP contribution in [0.4, 0.5) is 4.79 Å². The number of hydrogen-bond donors (Lipinski definition) is 4. The third kappa shape index (κ3) is 6.94. The van der Waals surface area contributed by atoms with Crippen LogP contribution in [0, 0.1) is 0 Å². The van der Waals surface area contributed by atoms with Gasteiger partial charge in [-0.25, -0.2) is 4.79 Å². The molecule has 1 rings (SSSR count). The van der Waals surface area contributed by atoms with E-state index >= 15 is 0 Å². The maximum Gasteiger partial charge on any atom is 0.314 e. The Bertz CT molecular complexity index is 537. The highest BCUT2D eigenvalue weighted by molar-refractivity contribution is 6.33. The van der Waals surface area contributed by atoms with Crippen LogP contribution in [0.15, 0.2) is 24.3 Å². The molecule has 0 spiro atoms. The average molecular weight is 328 g/mol. The Morgan fingerprint density at radius 3 is 2.32 bits per heavy atom. The number of hydrogen-bond acceptors (Lipinski definition) is 3. The lowest BCUT2D eigenvalue weighted by Gasteiger charge is -2.09. The van der Waals surface area contributed by atoms with Crippen molar-refractivity contribution >= 4 is 29.5 Å². The molecule has 1 aromatic rings. The van der Waals surface area contributed by atoms with Gasteiger partial charge in [0.25, 0.3) is 5.91 Å². The summed E-state index contributed by atoms with van der Waals surface area (Å²) in [7, 11) is 0. The van der Waals surface area contributed by atoms with E-state index in [0.717, 1.165) is 0 Å². The molecule has 0 aromatic heterocycles. The highest BCUT2D eigenvalue weighted by Gasteiger charge is 2.08. The number of amides is 3. The summed E-state index contributed by atoms with van der Waals surface area (Å²) in [5.41, 5.74) is 0.377. The first-order chi connectivity index (χ1) is 10.5. The van der Waals surface area contributed by atoms with Gasteiger partial charge in [-0.15, -0.1) is 0 Å². The minimum absolute atomic E-state index is 0.00811. The fourth-order valence-electron chi connectivity index (χ4n) is 1.60. The van der Waals surface area contributed by atoms with Crippen molar-refractivity contribution in [1.29, 1.82) is 0 Å². The van der Waals surface area contributed by atoms with Crippen molar-refractivity contribution in [3.63, 3.8) is 0 Å². The van der Waals surface area contributed by atoms with Crippen molar-refractivity contribution in [2.24, 2.45) is 0 Å². The van der Waals surface area contributed by atoms with Gasteiger partial charge in [-0.3, -0.25) is 9.59 Å². The van der Waals surface area contributed by atoms with E-state index in [1.807, 2.05) is 0 Å². The lowest BCUT2D eigenvalue weighted by Crippen LogP contribution is -2.40. The van der Waals surface area contributed by atoms with Crippen molar-refractivity contribution in [1.82, 2.24) is 16.0 Å². The number of nitrogens with one attached hydrogen (secondary N) is 3. The van der Waals surface area contributed by atoms with Crippen LogP contribution in [0.1, 0.15) is 23.2 Å². The molecule has 0 saturated heterocycles. The first kappa shape index (κ1) is 17.8. The molecule has 0 saturated carbocycles. The van der Waals surface area contributed by atoms with E-state index in [-0.39, 0.29) is 32.0 Å². The second kappa shape index (κ2) is 9.62. The molecule has 0 heterocycles. The second-order valence-electron chi connectivity index (χ2n) is 4.42. The topological polar surface area (TPSA) is 108 Å². The number of carbonyl (C=O) groups is 3. The Morgan fingerprint density at radius 2 is 1.64 bits per heavy atom. The van der Waals surface area contributed by atoms with Crippen LogP contribution < -0.4 is 16.0 Å². The summed E-state index contributed by atoms with van der Waals surface area (Å²) < 4.78 is 0. The number of carbonyl (C=O) groups excluding carboxylic acids is 2. The fraction of sp³-hybridized carbons (Fsp3) is 0.357. The maximum absolute atomic E-state index is 11.8. The van der Waals surface area contributed by atoms with Gasteiger partial charge < -0.3 is 21.1 Å². The summed E-state index contributed by atoms with van der Waals surface area (Å²) in [5.74, 6) is -1.21. The molecule has 1 aromatic carbocycles. The zero-order chi connectivity index (χ0) is 16.4. The van der Waals surface area contributed by atoms with Gasteiger partial charge >= 0.3 is 12.0 Å². The maximum atomic E-state index is 11.8. The molecular formula is C14H18ClN3O4. The molecule has 8 heteroatoms. The zero-order valence-electron chi connectivity index (χ0n) is 11.9. The summed E-state index contributed by atoms with van der Waals surface area (Å²) in [6.07, 6.45) is 0.375. The Kier molecular flexibility index (Phi) is 7.77. The molecule has 0 aliphatic carbocycles. The first-order valence-corrected chi connectivity index (χ1v) is 7.14. The van der Waals surface area contributed by atoms with Crippen LogP contribution >= 0.6 is 11.6 Å². The van der Waals surface area contributed by atoms with Gasteiger partial charge in [-0.2, -0.15) is 0 Å². The van der Waals surface area contributed by atoms with E-state index in [1.54, 1.807) is 24.3 Å². The molecule has 0 radical (unpaired) electrons. The van der Waals surface area contributed by atoms with E-state index in [1.165, 1.54) is 0 Å². The highest BCUT2D eigenvalue weighted by Crippen LogP contribution is 2.14. The first-order valence-electron chi connectivity index (χ1n) is 6.77. The number of rotatable bonds is 8. The Morgan fingerprint density at radius 1 is 1.00 bits per heavy atom. The van der Waals surface area contributed by atoms with E-state index in [9.17, 15) is 14.4 Å². The minimum Gasteiger partial charge on any atom is -0.481 e. The lowest BCUT2D eigenvalue weighted by molar-refractivity contribution is -0.137. The van der Waals surface area contributed by atoms with Crippen molar-refractivity contribution in [2.45, 2.75) is 12.8 Å². The van der Waals surface area contributed by atoms with E-state index in [4.69, 9.17) is 16.7 Å². The van der Waals surface area contributed by atoms with Gasteiger partial charge in [-0.05, 0) is 18.6 Å². The number of aliphatic carboxylic acids is 1. The highest BCUT2D eigenvalue weighted by atomic mass is 35.5. The summed E-state index contributed by atoms with van der Waals surface area (Å²) in [4.78, 5) is 33.4. The standard InChI is InChI=1S/C14H18ClN3O4/c15-11-5-2-1-4-10(11)13(21)16-8-9-18-14(22)17-7-3-6-12(19)20/h1-2,4-5H,3,6-9H2,(H,16,21)(H,19,20)(H2,17,18,22). The summed E-state index contributed by atoms with van der Waals surface area (Å²) in [6, 6.07) is 6.27. The molecule has 0 atom stereocenters. The zero-order valence-corrected chi connectivity index (χ0v) is 12.7. The third-order valence-corrected chi connectivity index (χ3v) is 3.00. The monoisotopic (exact) mass is 327 g/mol. The molecule has 0 aliphatic rings. The lowest BCUT2D eigenvalue weighted by atomic mass is 10.2.